The van der Waals surface area contributed by atoms with Crippen LogP contribution in [0.3, 0.4) is 0 Å². The van der Waals surface area contributed by atoms with Crippen LogP contribution < -0.4 is 5.32 Å². The van der Waals surface area contributed by atoms with Crippen molar-refractivity contribution in [3.8, 4) is 0 Å². The lowest BCUT2D eigenvalue weighted by molar-refractivity contribution is 0.0455. The van der Waals surface area contributed by atoms with Crippen molar-refractivity contribution in [2.45, 2.75) is 43.0 Å². The highest BCUT2D eigenvalue weighted by Gasteiger charge is 2.21. The van der Waals surface area contributed by atoms with Crippen molar-refractivity contribution in [3.05, 3.63) is 28.2 Å². The Morgan fingerprint density at radius 2 is 2.11 bits per heavy atom. The monoisotopic (exact) mass is 329 g/mol. The molecule has 2 nitrogen and oxygen atoms in total. The molecule has 0 bridgehead atoms. The third-order valence-corrected chi connectivity index (χ3v) is 4.48. The molecule has 1 heterocycles. The molecular formula is C14H20BrNOS. The highest BCUT2D eigenvalue weighted by Crippen LogP contribution is 2.32. The second-order valence-electron chi connectivity index (χ2n) is 5.63. The molecule has 4 heteroatoms. The molecule has 1 fully saturated rings. The van der Waals surface area contributed by atoms with E-state index in [0.717, 1.165) is 24.2 Å². The predicted octanol–water partition coefficient (Wildman–Crippen LogP) is 3.83. The van der Waals surface area contributed by atoms with Gasteiger partial charge in [0.1, 0.15) is 0 Å². The maximum atomic E-state index is 5.24. The molecule has 0 unspecified atom stereocenters. The number of halogens is 1. The first kappa shape index (κ1) is 14.4. The van der Waals surface area contributed by atoms with Crippen molar-refractivity contribution in [2.75, 3.05) is 13.2 Å². The number of ether oxygens (including phenoxy) is 1. The standard InChI is InChI=1S/C14H20BrNOS/c1-14(2,3)16-7-10-6-11(15)4-5-13(10)18-12-8-17-9-12/h4-6,12,16H,7-9H2,1-3H3. The average Bonchev–Trinajstić information content (AvgIpc) is 2.21. The molecule has 2 rings (SSSR count). The Morgan fingerprint density at radius 1 is 1.39 bits per heavy atom. The molecule has 0 aliphatic carbocycles. The van der Waals surface area contributed by atoms with Crippen LogP contribution in [-0.2, 0) is 11.3 Å². The van der Waals surface area contributed by atoms with Crippen molar-refractivity contribution in [3.63, 3.8) is 0 Å². The lowest BCUT2D eigenvalue weighted by Gasteiger charge is -2.27. The smallest absolute Gasteiger partial charge is 0.0611 e. The summed E-state index contributed by atoms with van der Waals surface area (Å²) in [5.41, 5.74) is 1.50. The zero-order valence-electron chi connectivity index (χ0n) is 11.1. The van der Waals surface area contributed by atoms with E-state index in [2.05, 4.69) is 60.2 Å². The maximum absolute atomic E-state index is 5.24. The number of hydrogen-bond donors (Lipinski definition) is 1. The lowest BCUT2D eigenvalue weighted by atomic mass is 10.1. The number of thioether (sulfide) groups is 1. The predicted molar refractivity (Wildman–Crippen MR) is 81.2 cm³/mol. The second kappa shape index (κ2) is 5.95. The molecule has 0 saturated carbocycles. The summed E-state index contributed by atoms with van der Waals surface area (Å²) < 4.78 is 6.38. The highest BCUT2D eigenvalue weighted by atomic mass is 79.9. The molecule has 1 aromatic rings. The van der Waals surface area contributed by atoms with Gasteiger partial charge in [0.2, 0.25) is 0 Å². The lowest BCUT2D eigenvalue weighted by Crippen LogP contribution is -2.35. The van der Waals surface area contributed by atoms with Crippen molar-refractivity contribution < 1.29 is 4.74 Å². The van der Waals surface area contributed by atoms with E-state index in [1.165, 1.54) is 10.5 Å². The minimum Gasteiger partial charge on any atom is -0.379 e. The molecule has 1 aromatic carbocycles. The molecule has 0 atom stereocenters. The first-order valence-corrected chi connectivity index (χ1v) is 7.89. The van der Waals surface area contributed by atoms with Crippen LogP contribution in [0.15, 0.2) is 27.6 Å². The molecule has 100 valence electrons. The van der Waals surface area contributed by atoms with Gasteiger partial charge in [-0.05, 0) is 44.5 Å². The second-order valence-corrected chi connectivity index (χ2v) is 7.89. The summed E-state index contributed by atoms with van der Waals surface area (Å²) in [7, 11) is 0. The Morgan fingerprint density at radius 3 is 2.67 bits per heavy atom. The van der Waals surface area contributed by atoms with Crippen LogP contribution in [0, 0.1) is 0 Å². The summed E-state index contributed by atoms with van der Waals surface area (Å²) in [5.74, 6) is 0. The van der Waals surface area contributed by atoms with E-state index in [1.54, 1.807) is 0 Å². The fourth-order valence-electron chi connectivity index (χ4n) is 1.62. The van der Waals surface area contributed by atoms with Crippen LogP contribution >= 0.6 is 27.7 Å². The van der Waals surface area contributed by atoms with Crippen LogP contribution in [-0.4, -0.2) is 24.0 Å². The quantitative estimate of drug-likeness (QED) is 0.907. The number of hydrogen-bond acceptors (Lipinski definition) is 3. The molecule has 1 saturated heterocycles. The van der Waals surface area contributed by atoms with Gasteiger partial charge in [0, 0.05) is 21.5 Å². The van der Waals surface area contributed by atoms with Gasteiger partial charge in [0.05, 0.1) is 18.5 Å². The molecule has 0 amide bonds. The van der Waals surface area contributed by atoms with Crippen molar-refractivity contribution in [1.82, 2.24) is 5.32 Å². The Kier molecular flexibility index (Phi) is 4.75. The van der Waals surface area contributed by atoms with E-state index in [-0.39, 0.29) is 5.54 Å². The summed E-state index contributed by atoms with van der Waals surface area (Å²) in [6.45, 7) is 9.24. The summed E-state index contributed by atoms with van der Waals surface area (Å²) >= 11 is 5.48. The van der Waals surface area contributed by atoms with Gasteiger partial charge in [-0.15, -0.1) is 11.8 Å². The average molecular weight is 330 g/mol. The Balaban J connectivity index is 2.07. The molecule has 1 aliphatic rings. The Bertz CT molecular complexity index is 413. The Labute approximate surface area is 122 Å². The SMILES string of the molecule is CC(C)(C)NCc1cc(Br)ccc1SC1COC1. The molecule has 0 spiro atoms. The molecule has 1 aliphatic heterocycles. The van der Waals surface area contributed by atoms with Gasteiger partial charge >= 0.3 is 0 Å². The molecule has 1 N–H and O–H groups in total. The van der Waals surface area contributed by atoms with Crippen molar-refractivity contribution >= 4 is 27.7 Å². The number of rotatable bonds is 4. The normalized spacial score (nSPS) is 16.7. The molecular weight excluding hydrogens is 310 g/mol. The zero-order valence-corrected chi connectivity index (χ0v) is 13.5. The Hall–Kier alpha value is -0.0300. The van der Waals surface area contributed by atoms with Gasteiger partial charge in [-0.1, -0.05) is 15.9 Å². The van der Waals surface area contributed by atoms with E-state index in [4.69, 9.17) is 4.74 Å². The third kappa shape index (κ3) is 4.26. The van der Waals surface area contributed by atoms with Gasteiger partial charge in [0.15, 0.2) is 0 Å². The molecule has 18 heavy (non-hydrogen) atoms. The van der Waals surface area contributed by atoms with E-state index in [1.807, 2.05) is 11.8 Å². The summed E-state index contributed by atoms with van der Waals surface area (Å²) in [5, 5.41) is 4.17. The van der Waals surface area contributed by atoms with Gasteiger partial charge < -0.3 is 10.1 Å². The zero-order chi connectivity index (χ0) is 13.2. The van der Waals surface area contributed by atoms with E-state index in [9.17, 15) is 0 Å². The molecule has 0 aromatic heterocycles. The topological polar surface area (TPSA) is 21.3 Å². The van der Waals surface area contributed by atoms with E-state index >= 15 is 0 Å². The van der Waals surface area contributed by atoms with Crippen molar-refractivity contribution in [2.24, 2.45) is 0 Å². The van der Waals surface area contributed by atoms with Crippen LogP contribution in [0.1, 0.15) is 26.3 Å². The van der Waals surface area contributed by atoms with E-state index < -0.39 is 0 Å². The van der Waals surface area contributed by atoms with Crippen LogP contribution in [0.5, 0.6) is 0 Å². The summed E-state index contributed by atoms with van der Waals surface area (Å²) in [4.78, 5) is 1.36. The van der Waals surface area contributed by atoms with Gasteiger partial charge in [-0.25, -0.2) is 0 Å². The minimum absolute atomic E-state index is 0.143. The van der Waals surface area contributed by atoms with Crippen molar-refractivity contribution in [1.29, 1.82) is 0 Å². The largest absolute Gasteiger partial charge is 0.379 e. The van der Waals surface area contributed by atoms with Crippen LogP contribution in [0.2, 0.25) is 0 Å². The number of benzene rings is 1. The highest BCUT2D eigenvalue weighted by molar-refractivity contribution is 9.10. The van der Waals surface area contributed by atoms with Crippen LogP contribution in [0.4, 0.5) is 0 Å². The summed E-state index contributed by atoms with van der Waals surface area (Å²) in [6.07, 6.45) is 0. The maximum Gasteiger partial charge on any atom is 0.0611 e. The van der Waals surface area contributed by atoms with Gasteiger partial charge in [0.25, 0.3) is 0 Å². The fraction of sp³-hybridized carbons (Fsp3) is 0.571. The number of nitrogens with one attached hydrogen (secondary N) is 1. The summed E-state index contributed by atoms with van der Waals surface area (Å²) in [6, 6.07) is 6.52. The van der Waals surface area contributed by atoms with Crippen LogP contribution in [0.25, 0.3) is 0 Å². The third-order valence-electron chi connectivity index (χ3n) is 2.73. The minimum atomic E-state index is 0.143. The first-order valence-electron chi connectivity index (χ1n) is 6.22. The van der Waals surface area contributed by atoms with E-state index in [0.29, 0.717) is 5.25 Å². The first-order chi connectivity index (χ1) is 8.44. The molecule has 0 radical (unpaired) electrons. The fourth-order valence-corrected chi connectivity index (χ4v) is 3.15. The van der Waals surface area contributed by atoms with Gasteiger partial charge in [-0.2, -0.15) is 0 Å². The van der Waals surface area contributed by atoms with Gasteiger partial charge in [-0.3, -0.25) is 0 Å².